The maximum Gasteiger partial charge on any atom is 0.253 e. The lowest BCUT2D eigenvalue weighted by atomic mass is 10.1. The molecule has 2 aromatic heterocycles. The number of hydrogen-bond donors (Lipinski definition) is 1. The van der Waals surface area contributed by atoms with E-state index in [0.717, 1.165) is 36.3 Å². The molecule has 4 aromatic rings. The number of benzene rings is 2. The van der Waals surface area contributed by atoms with Gasteiger partial charge in [0.25, 0.3) is 11.8 Å². The van der Waals surface area contributed by atoms with Gasteiger partial charge in [0.1, 0.15) is 5.82 Å². The van der Waals surface area contributed by atoms with E-state index in [4.69, 9.17) is 0 Å². The first-order chi connectivity index (χ1) is 16.9. The zero-order valence-corrected chi connectivity index (χ0v) is 21.3. The highest BCUT2D eigenvalue weighted by Crippen LogP contribution is 2.31. The van der Waals surface area contributed by atoms with Gasteiger partial charge in [-0.1, -0.05) is 25.2 Å². The molecule has 0 atom stereocenters. The predicted octanol–water partition coefficient (Wildman–Crippen LogP) is 4.52. The summed E-state index contributed by atoms with van der Waals surface area (Å²) < 4.78 is 17.5. The maximum atomic E-state index is 14.7. The van der Waals surface area contributed by atoms with Crippen molar-refractivity contribution >= 4 is 38.3 Å². The molecule has 0 aliphatic heterocycles. The lowest BCUT2D eigenvalue weighted by Crippen LogP contribution is -2.31. The fourth-order valence-corrected chi connectivity index (χ4v) is 5.21. The van der Waals surface area contributed by atoms with E-state index in [1.807, 2.05) is 29.6 Å². The Morgan fingerprint density at radius 2 is 1.83 bits per heavy atom. The van der Waals surface area contributed by atoms with Gasteiger partial charge >= 0.3 is 0 Å². The van der Waals surface area contributed by atoms with Crippen molar-refractivity contribution in [2.24, 2.45) is 0 Å². The minimum atomic E-state index is -0.502. The largest absolute Gasteiger partial charge is 0.355 e. The second-order valence-electron chi connectivity index (χ2n) is 8.44. The highest BCUT2D eigenvalue weighted by Gasteiger charge is 2.17. The third kappa shape index (κ3) is 5.06. The van der Waals surface area contributed by atoms with E-state index in [9.17, 15) is 14.0 Å². The summed E-state index contributed by atoms with van der Waals surface area (Å²) in [6.07, 6.45) is 2.72. The first-order valence-electron chi connectivity index (χ1n) is 11.8. The van der Waals surface area contributed by atoms with E-state index in [-0.39, 0.29) is 17.4 Å². The molecule has 9 heteroatoms. The van der Waals surface area contributed by atoms with Crippen LogP contribution in [0.3, 0.4) is 0 Å². The van der Waals surface area contributed by atoms with E-state index in [1.165, 1.54) is 24.5 Å². The molecule has 1 N–H and O–H groups in total. The molecule has 2 heterocycles. The molecule has 2 amide bonds. The van der Waals surface area contributed by atoms with Gasteiger partial charge in [-0.2, -0.15) is 0 Å². The number of halogens is 1. The van der Waals surface area contributed by atoms with Gasteiger partial charge < -0.3 is 15.1 Å². The summed E-state index contributed by atoms with van der Waals surface area (Å²) in [5, 5.41) is 2.49. The van der Waals surface area contributed by atoms with Gasteiger partial charge in [-0.3, -0.25) is 14.0 Å². The Labute approximate surface area is 208 Å². The van der Waals surface area contributed by atoms with Crippen molar-refractivity contribution in [3.63, 3.8) is 0 Å². The number of thiazole rings is 1. The minimum Gasteiger partial charge on any atom is -0.355 e. The molecule has 0 unspecified atom stereocenters. The van der Waals surface area contributed by atoms with Gasteiger partial charge in [0.05, 0.1) is 15.9 Å². The van der Waals surface area contributed by atoms with Crippen molar-refractivity contribution in [1.29, 1.82) is 0 Å². The smallest absolute Gasteiger partial charge is 0.253 e. The van der Waals surface area contributed by atoms with Crippen LogP contribution in [0.5, 0.6) is 0 Å². The molecule has 0 spiro atoms. The molecule has 35 heavy (non-hydrogen) atoms. The molecule has 4 rings (SSSR count). The van der Waals surface area contributed by atoms with Crippen LogP contribution < -0.4 is 5.32 Å². The summed E-state index contributed by atoms with van der Waals surface area (Å²) >= 11 is 1.45. The highest BCUT2D eigenvalue weighted by atomic mass is 32.1. The summed E-state index contributed by atoms with van der Waals surface area (Å²) in [7, 11) is 3.35. The van der Waals surface area contributed by atoms with E-state index >= 15 is 0 Å². The van der Waals surface area contributed by atoms with Crippen LogP contribution in [0.25, 0.3) is 26.4 Å². The number of carbonyl (C=O) groups is 2. The molecule has 0 saturated heterocycles. The van der Waals surface area contributed by atoms with Crippen LogP contribution >= 0.6 is 11.3 Å². The van der Waals surface area contributed by atoms with E-state index in [0.29, 0.717) is 28.3 Å². The number of nitrogens with one attached hydrogen (secondary N) is 1. The normalized spacial score (nSPS) is 11.5. The monoisotopic (exact) mass is 495 g/mol. The molecule has 0 bridgehead atoms. The quantitative estimate of drug-likeness (QED) is 0.371. The van der Waals surface area contributed by atoms with Crippen molar-refractivity contribution in [1.82, 2.24) is 24.5 Å². The van der Waals surface area contributed by atoms with Crippen LogP contribution in [0, 0.1) is 5.82 Å². The molecule has 2 aromatic carbocycles. The lowest BCUT2D eigenvalue weighted by molar-refractivity contribution is 0.0789. The van der Waals surface area contributed by atoms with Gasteiger partial charge in [0.2, 0.25) is 0 Å². The first kappa shape index (κ1) is 24.8. The number of amides is 2. The fraction of sp³-hybridized carbons (Fsp3) is 0.346. The highest BCUT2D eigenvalue weighted by molar-refractivity contribution is 7.23. The summed E-state index contributed by atoms with van der Waals surface area (Å²) in [5.41, 5.74) is 2.64. The zero-order valence-electron chi connectivity index (χ0n) is 20.5. The van der Waals surface area contributed by atoms with Gasteiger partial charge in [-0.25, -0.2) is 9.37 Å². The van der Waals surface area contributed by atoms with Crippen LogP contribution in [-0.4, -0.2) is 71.3 Å². The van der Waals surface area contributed by atoms with Gasteiger partial charge in [0, 0.05) is 43.5 Å². The number of hydrogen-bond acceptors (Lipinski definition) is 5. The Balaban J connectivity index is 1.53. The Kier molecular flexibility index (Phi) is 7.47. The van der Waals surface area contributed by atoms with E-state index in [2.05, 4.69) is 29.0 Å². The predicted molar refractivity (Wildman–Crippen MR) is 139 cm³/mol. The van der Waals surface area contributed by atoms with Crippen LogP contribution in [0.2, 0.25) is 0 Å². The average Bonchev–Trinajstić information content (AvgIpc) is 3.42. The van der Waals surface area contributed by atoms with E-state index in [1.54, 1.807) is 23.2 Å². The number of rotatable bonds is 9. The molecule has 7 nitrogen and oxygen atoms in total. The molecule has 0 aliphatic carbocycles. The van der Waals surface area contributed by atoms with Crippen molar-refractivity contribution in [2.75, 3.05) is 40.3 Å². The summed E-state index contributed by atoms with van der Waals surface area (Å²) in [5.74, 6) is -0.846. The van der Waals surface area contributed by atoms with Crippen LogP contribution in [0.1, 0.15) is 41.0 Å². The number of fused-ring (bicyclic) bond motifs is 3. The molecular weight excluding hydrogens is 465 g/mol. The van der Waals surface area contributed by atoms with Crippen molar-refractivity contribution in [2.45, 2.75) is 20.3 Å². The number of aromatic nitrogens is 2. The van der Waals surface area contributed by atoms with Crippen LogP contribution in [0.15, 0.2) is 42.6 Å². The third-order valence-electron chi connectivity index (χ3n) is 6.28. The zero-order chi connectivity index (χ0) is 25.1. The summed E-state index contributed by atoms with van der Waals surface area (Å²) in [6, 6.07) is 10.0. The molecule has 0 aliphatic rings. The fourth-order valence-electron chi connectivity index (χ4n) is 4.17. The molecule has 184 valence electrons. The number of carbonyl (C=O) groups excluding carboxylic acids is 2. The lowest BCUT2D eigenvalue weighted by Gasteiger charge is -2.21. The first-order valence-corrected chi connectivity index (χ1v) is 12.6. The number of nitrogens with zero attached hydrogens (tertiary/aromatic N) is 4. The SMILES string of the molecule is CCN(CC)CCCN(C)C(=O)c1ccc2c(c1)sc1nc(-c3ccc(C(=O)NC)cc3F)cn12. The Morgan fingerprint density at radius 3 is 2.51 bits per heavy atom. The van der Waals surface area contributed by atoms with E-state index < -0.39 is 5.82 Å². The molecule has 0 fully saturated rings. The minimum absolute atomic E-state index is 0.00328. The van der Waals surface area contributed by atoms with Gasteiger partial charge in [-0.15, -0.1) is 0 Å². The standard InChI is InChI=1S/C26H30FN5O2S/c1-5-31(6-2)13-7-12-30(4)25(34)18-9-11-22-23(15-18)35-26-29-21(16-32(22)26)19-10-8-17(14-20(19)27)24(33)28-3/h8-11,14-16H,5-7,12-13H2,1-4H3,(H,28,33). The van der Waals surface area contributed by atoms with Gasteiger partial charge in [0.15, 0.2) is 4.96 Å². The Morgan fingerprint density at radius 1 is 1.09 bits per heavy atom. The number of imidazole rings is 1. The molecule has 0 saturated carbocycles. The van der Waals surface area contributed by atoms with Crippen molar-refractivity contribution in [3.05, 3.63) is 59.5 Å². The topological polar surface area (TPSA) is 69.9 Å². The van der Waals surface area contributed by atoms with Crippen LogP contribution in [0.4, 0.5) is 4.39 Å². The summed E-state index contributed by atoms with van der Waals surface area (Å²) in [6.45, 7) is 8.00. The van der Waals surface area contributed by atoms with Crippen LogP contribution in [-0.2, 0) is 0 Å². The molecule has 0 radical (unpaired) electrons. The molecular formula is C26H30FN5O2S. The van der Waals surface area contributed by atoms with Gasteiger partial charge in [-0.05, 0) is 62.5 Å². The summed E-state index contributed by atoms with van der Waals surface area (Å²) in [4.78, 5) is 34.1. The van der Waals surface area contributed by atoms with Crippen molar-refractivity contribution in [3.8, 4) is 11.3 Å². The second-order valence-corrected chi connectivity index (χ2v) is 9.45. The Hall–Kier alpha value is -3.30. The maximum absolute atomic E-state index is 14.7. The van der Waals surface area contributed by atoms with Crippen molar-refractivity contribution < 1.29 is 14.0 Å². The second kappa shape index (κ2) is 10.5. The average molecular weight is 496 g/mol. The third-order valence-corrected chi connectivity index (χ3v) is 7.30. The Bertz CT molecular complexity index is 1380.